The fourth-order valence-corrected chi connectivity index (χ4v) is 5.48. The summed E-state index contributed by atoms with van der Waals surface area (Å²) < 4.78 is 19.5. The van der Waals surface area contributed by atoms with Gasteiger partial charge in [-0.25, -0.2) is 4.98 Å². The van der Waals surface area contributed by atoms with E-state index in [2.05, 4.69) is 34.6 Å². The van der Waals surface area contributed by atoms with Gasteiger partial charge in [0, 0.05) is 41.9 Å². The molecule has 1 spiro atoms. The largest absolute Gasteiger partial charge is 0.494 e. The third-order valence-electron chi connectivity index (χ3n) is 8.02. The Balaban J connectivity index is 1.28. The van der Waals surface area contributed by atoms with Gasteiger partial charge >= 0.3 is 0 Å². The van der Waals surface area contributed by atoms with E-state index in [-0.39, 0.29) is 28.8 Å². The highest BCUT2D eigenvalue weighted by molar-refractivity contribution is 6.01. The first-order chi connectivity index (χ1) is 18.7. The summed E-state index contributed by atoms with van der Waals surface area (Å²) in [5, 5.41) is 10.7. The lowest BCUT2D eigenvalue weighted by atomic mass is 9.85. The van der Waals surface area contributed by atoms with Gasteiger partial charge < -0.3 is 30.6 Å². The predicted octanol–water partition coefficient (Wildman–Crippen LogP) is 3.86. The molecule has 1 aromatic carbocycles. The van der Waals surface area contributed by atoms with E-state index in [1.165, 1.54) is 6.20 Å². The number of anilines is 3. The Kier molecular flexibility index (Phi) is 6.07. The third kappa shape index (κ3) is 4.51. The van der Waals surface area contributed by atoms with Gasteiger partial charge in [0.2, 0.25) is 5.91 Å². The Bertz CT molecular complexity index is 1440. The van der Waals surface area contributed by atoms with Crippen molar-refractivity contribution in [2.45, 2.75) is 44.9 Å². The minimum atomic E-state index is -0.645. The molecule has 0 bridgehead atoms. The summed E-state index contributed by atoms with van der Waals surface area (Å²) in [7, 11) is 1.58. The van der Waals surface area contributed by atoms with Crippen molar-refractivity contribution in [3.8, 4) is 16.9 Å². The molecule has 2 saturated carbocycles. The molecule has 39 heavy (non-hydrogen) atoms. The van der Waals surface area contributed by atoms with E-state index in [0.717, 1.165) is 30.4 Å². The van der Waals surface area contributed by atoms with Crippen molar-refractivity contribution in [2.24, 2.45) is 17.1 Å². The summed E-state index contributed by atoms with van der Waals surface area (Å²) in [4.78, 5) is 29.1. The fourth-order valence-electron chi connectivity index (χ4n) is 5.48. The second-order valence-corrected chi connectivity index (χ2v) is 11.0. The molecule has 11 heteroatoms. The lowest BCUT2D eigenvalue weighted by molar-refractivity contribution is -0.242. The van der Waals surface area contributed by atoms with Gasteiger partial charge in [-0.1, -0.05) is 26.0 Å². The molecule has 6 rings (SSSR count). The Morgan fingerprint density at radius 2 is 1.95 bits per heavy atom. The van der Waals surface area contributed by atoms with Gasteiger partial charge in [-0.05, 0) is 24.3 Å². The number of primary amides is 1. The number of nitrogens with two attached hydrogens (primary N) is 1. The maximum absolute atomic E-state index is 12.6. The zero-order valence-electron chi connectivity index (χ0n) is 22.2. The van der Waals surface area contributed by atoms with E-state index in [1.54, 1.807) is 19.4 Å². The van der Waals surface area contributed by atoms with Crippen LogP contribution < -0.4 is 21.1 Å². The number of pyridine rings is 1. The molecule has 0 radical (unpaired) electrons. The van der Waals surface area contributed by atoms with Gasteiger partial charge in [0.25, 0.3) is 5.91 Å². The summed E-state index contributed by atoms with van der Waals surface area (Å²) in [6.45, 7) is 5.30. The number of nitrogens with one attached hydrogen (secondary N) is 2. The molecule has 2 amide bonds. The van der Waals surface area contributed by atoms with Gasteiger partial charge in [-0.3, -0.25) is 14.3 Å². The third-order valence-corrected chi connectivity index (χ3v) is 8.02. The van der Waals surface area contributed by atoms with Crippen LogP contribution in [0.5, 0.6) is 5.75 Å². The van der Waals surface area contributed by atoms with Crippen LogP contribution in [0.25, 0.3) is 11.1 Å². The molecule has 2 aliphatic carbocycles. The molecule has 3 aliphatic rings. The number of methoxy groups -OCH3 is 1. The zero-order chi connectivity index (χ0) is 27.4. The van der Waals surface area contributed by atoms with Gasteiger partial charge in [0.1, 0.15) is 17.6 Å². The lowest BCUT2D eigenvalue weighted by Crippen LogP contribution is -2.49. The van der Waals surface area contributed by atoms with Crippen LogP contribution in [0, 0.1) is 11.3 Å². The number of hydrogen-bond acceptors (Lipinski definition) is 8. The van der Waals surface area contributed by atoms with Crippen LogP contribution >= 0.6 is 0 Å². The fraction of sp³-hybridized carbons (Fsp3) is 0.429. The zero-order valence-corrected chi connectivity index (χ0v) is 22.2. The monoisotopic (exact) mass is 532 g/mol. The van der Waals surface area contributed by atoms with Crippen LogP contribution in [0.2, 0.25) is 0 Å². The van der Waals surface area contributed by atoms with Crippen LogP contribution in [0.1, 0.15) is 49.5 Å². The first-order valence-electron chi connectivity index (χ1n) is 13.1. The maximum atomic E-state index is 12.6. The topological polar surface area (TPSA) is 143 Å². The van der Waals surface area contributed by atoms with Crippen LogP contribution in [0.4, 0.5) is 17.2 Å². The molecular formula is C28H32N6O5. The Morgan fingerprint density at radius 3 is 2.59 bits per heavy atom. The van der Waals surface area contributed by atoms with Crippen LogP contribution in [0.3, 0.4) is 0 Å². The number of rotatable bonds is 8. The standard InChI is InChI=1S/C28H32N6O5/c1-27(2)12-19(27)26(36)33-23-11-21(18(14-30-23)25(29)35)32-20-6-4-5-17(24(20)37-3)16-13-31-34(15-16)22-7-8-28(22)38-9-10-39-28/h4-6,11,13-15,19,22H,7-10,12H2,1-3H3,(H2,29,35)(H2,30,32,33,36)/t19-,22+/m1/s1. The Morgan fingerprint density at radius 1 is 1.18 bits per heavy atom. The molecule has 1 saturated heterocycles. The van der Waals surface area contributed by atoms with Gasteiger partial charge in [-0.2, -0.15) is 5.10 Å². The maximum Gasteiger partial charge on any atom is 0.252 e. The summed E-state index contributed by atoms with van der Waals surface area (Å²) in [5.74, 6) is -0.488. The molecule has 0 unspecified atom stereocenters. The predicted molar refractivity (Wildman–Crippen MR) is 144 cm³/mol. The first kappa shape index (κ1) is 25.3. The van der Waals surface area contributed by atoms with Crippen molar-refractivity contribution in [3.05, 3.63) is 48.4 Å². The molecule has 3 aromatic rings. The van der Waals surface area contributed by atoms with E-state index in [0.29, 0.717) is 36.2 Å². The van der Waals surface area contributed by atoms with Crippen molar-refractivity contribution in [3.63, 3.8) is 0 Å². The normalized spacial score (nSPS) is 22.2. The lowest BCUT2D eigenvalue weighted by Gasteiger charge is -2.44. The Labute approximate surface area is 226 Å². The molecule has 3 fully saturated rings. The van der Waals surface area contributed by atoms with Gasteiger partial charge in [-0.15, -0.1) is 0 Å². The van der Waals surface area contributed by atoms with Crippen LogP contribution in [0.15, 0.2) is 42.9 Å². The van der Waals surface area contributed by atoms with Crippen molar-refractivity contribution in [1.29, 1.82) is 0 Å². The SMILES string of the molecule is COc1c(Nc2cc(NC(=O)[C@H]3CC3(C)C)ncc2C(N)=O)cccc1-c1cnn([C@H]2CCC23OCCO3)c1. The summed E-state index contributed by atoms with van der Waals surface area (Å²) in [6.07, 6.45) is 7.72. The molecule has 2 atom stereocenters. The van der Waals surface area contributed by atoms with Crippen LogP contribution in [-0.4, -0.2) is 52.7 Å². The Hall–Kier alpha value is -3.96. The number of para-hydroxylation sites is 1. The summed E-state index contributed by atoms with van der Waals surface area (Å²) in [5.41, 5.74) is 8.49. The second-order valence-electron chi connectivity index (χ2n) is 11.0. The van der Waals surface area contributed by atoms with E-state index in [1.807, 2.05) is 29.1 Å². The van der Waals surface area contributed by atoms with E-state index < -0.39 is 11.7 Å². The summed E-state index contributed by atoms with van der Waals surface area (Å²) >= 11 is 0. The van der Waals surface area contributed by atoms with Crippen molar-refractivity contribution in [1.82, 2.24) is 14.8 Å². The second kappa shape index (κ2) is 9.35. The van der Waals surface area contributed by atoms with Gasteiger partial charge in [0.05, 0.1) is 43.5 Å². The molecule has 204 valence electrons. The van der Waals surface area contributed by atoms with Crippen molar-refractivity contribution < 1.29 is 23.8 Å². The number of nitrogens with zero attached hydrogens (tertiary/aromatic N) is 3. The molecular weight excluding hydrogens is 500 g/mol. The average Bonchev–Trinajstić information content (AvgIpc) is 3.28. The first-order valence-corrected chi connectivity index (χ1v) is 13.1. The number of carbonyl (C=O) groups excluding carboxylic acids is 2. The number of hydrogen-bond donors (Lipinski definition) is 3. The van der Waals surface area contributed by atoms with E-state index >= 15 is 0 Å². The quantitative estimate of drug-likeness (QED) is 0.397. The summed E-state index contributed by atoms with van der Waals surface area (Å²) in [6, 6.07) is 7.29. The molecule has 11 nitrogen and oxygen atoms in total. The minimum Gasteiger partial charge on any atom is -0.494 e. The molecule has 2 aromatic heterocycles. The van der Waals surface area contributed by atoms with Crippen LogP contribution in [-0.2, 0) is 14.3 Å². The highest BCUT2D eigenvalue weighted by Crippen LogP contribution is 2.52. The average molecular weight is 533 g/mol. The smallest absolute Gasteiger partial charge is 0.252 e. The number of carbonyl (C=O) groups is 2. The molecule has 1 aliphatic heterocycles. The highest BCUT2D eigenvalue weighted by Gasteiger charge is 2.53. The molecule has 4 N–H and O–H groups in total. The highest BCUT2D eigenvalue weighted by atomic mass is 16.7. The van der Waals surface area contributed by atoms with Crippen molar-refractivity contribution >= 4 is 29.0 Å². The number of aromatic nitrogens is 3. The number of benzene rings is 1. The minimum absolute atomic E-state index is 0.0176. The number of ether oxygens (including phenoxy) is 3. The van der Waals surface area contributed by atoms with E-state index in [4.69, 9.17) is 19.9 Å². The van der Waals surface area contributed by atoms with Crippen molar-refractivity contribution in [2.75, 3.05) is 31.0 Å². The molecule has 3 heterocycles. The number of amides is 2. The van der Waals surface area contributed by atoms with Gasteiger partial charge in [0.15, 0.2) is 5.79 Å². The van der Waals surface area contributed by atoms with E-state index in [9.17, 15) is 9.59 Å².